The lowest BCUT2D eigenvalue weighted by atomic mass is 9.79. The monoisotopic (exact) mass is 168 g/mol. The van der Waals surface area contributed by atoms with Crippen LogP contribution in [0.25, 0.3) is 0 Å². The molecule has 1 aliphatic heterocycles. The van der Waals surface area contributed by atoms with Crippen molar-refractivity contribution in [3.8, 4) is 0 Å². The van der Waals surface area contributed by atoms with E-state index in [-0.39, 0.29) is 0 Å². The van der Waals surface area contributed by atoms with Gasteiger partial charge in [0.15, 0.2) is 0 Å². The minimum atomic E-state index is 0.448. The Bertz CT molecular complexity index is 145. The predicted molar refractivity (Wildman–Crippen MR) is 44.7 cm³/mol. The largest absolute Gasteiger partial charge is 0.349 e. The van der Waals surface area contributed by atoms with E-state index in [0.29, 0.717) is 19.0 Å². The van der Waals surface area contributed by atoms with E-state index in [4.69, 9.17) is 9.47 Å². The molecule has 3 rings (SSSR count). The van der Waals surface area contributed by atoms with Gasteiger partial charge in [-0.25, -0.2) is 0 Å². The van der Waals surface area contributed by atoms with E-state index < -0.39 is 0 Å². The van der Waals surface area contributed by atoms with Crippen LogP contribution in [0.1, 0.15) is 32.1 Å². The third-order valence-corrected chi connectivity index (χ3v) is 3.87. The van der Waals surface area contributed by atoms with E-state index in [1.54, 1.807) is 0 Å². The van der Waals surface area contributed by atoms with Crippen molar-refractivity contribution in [1.82, 2.24) is 0 Å². The van der Waals surface area contributed by atoms with Gasteiger partial charge in [-0.2, -0.15) is 0 Å². The van der Waals surface area contributed by atoms with Crippen LogP contribution >= 0.6 is 0 Å². The molecule has 12 heavy (non-hydrogen) atoms. The summed E-state index contributed by atoms with van der Waals surface area (Å²) >= 11 is 0. The predicted octanol–water partition coefficient (Wildman–Crippen LogP) is 1.94. The fraction of sp³-hybridized carbons (Fsp3) is 1.00. The average Bonchev–Trinajstić information content (AvgIpc) is 2.64. The molecule has 3 fully saturated rings. The van der Waals surface area contributed by atoms with Crippen LogP contribution in [0, 0.1) is 11.8 Å². The first kappa shape index (κ1) is 7.34. The molecule has 0 spiro atoms. The molecule has 0 bridgehead atoms. The number of hydrogen-bond acceptors (Lipinski definition) is 2. The molecule has 1 saturated heterocycles. The average molecular weight is 168 g/mol. The third kappa shape index (κ3) is 1.01. The molecule has 0 amide bonds. The lowest BCUT2D eigenvalue weighted by Crippen LogP contribution is -2.34. The van der Waals surface area contributed by atoms with Crippen LogP contribution in [-0.2, 0) is 9.47 Å². The molecule has 4 unspecified atom stereocenters. The second-order valence-corrected chi connectivity index (χ2v) is 4.45. The van der Waals surface area contributed by atoms with E-state index in [2.05, 4.69) is 0 Å². The molecule has 0 aromatic carbocycles. The Hall–Kier alpha value is -0.0800. The van der Waals surface area contributed by atoms with Crippen molar-refractivity contribution in [1.29, 1.82) is 0 Å². The SMILES string of the molecule is C1CC2CC3OCOC3CC2C1. The normalized spacial score (nSPS) is 52.0. The van der Waals surface area contributed by atoms with E-state index in [0.717, 1.165) is 11.8 Å². The third-order valence-electron chi connectivity index (χ3n) is 3.87. The summed E-state index contributed by atoms with van der Waals surface area (Å²) in [5.74, 6) is 1.93. The molecule has 68 valence electrons. The number of fused-ring (bicyclic) bond motifs is 2. The maximum absolute atomic E-state index is 5.54. The van der Waals surface area contributed by atoms with Gasteiger partial charge in [0.25, 0.3) is 0 Å². The zero-order valence-electron chi connectivity index (χ0n) is 7.37. The Labute approximate surface area is 73.2 Å². The van der Waals surface area contributed by atoms with Gasteiger partial charge in [0.05, 0.1) is 12.2 Å². The van der Waals surface area contributed by atoms with Crippen molar-refractivity contribution in [3.05, 3.63) is 0 Å². The molecule has 0 aromatic heterocycles. The Morgan fingerprint density at radius 2 is 1.42 bits per heavy atom. The highest BCUT2D eigenvalue weighted by atomic mass is 16.7. The van der Waals surface area contributed by atoms with Crippen molar-refractivity contribution in [2.24, 2.45) is 11.8 Å². The molecule has 0 aromatic rings. The van der Waals surface area contributed by atoms with Crippen molar-refractivity contribution in [2.75, 3.05) is 6.79 Å². The van der Waals surface area contributed by atoms with Crippen molar-refractivity contribution < 1.29 is 9.47 Å². The summed E-state index contributed by atoms with van der Waals surface area (Å²) in [4.78, 5) is 0. The van der Waals surface area contributed by atoms with Gasteiger partial charge in [0.1, 0.15) is 6.79 Å². The second kappa shape index (κ2) is 2.71. The van der Waals surface area contributed by atoms with Gasteiger partial charge in [-0.15, -0.1) is 0 Å². The Morgan fingerprint density at radius 3 is 2.00 bits per heavy atom. The minimum Gasteiger partial charge on any atom is -0.349 e. The van der Waals surface area contributed by atoms with Crippen molar-refractivity contribution in [3.63, 3.8) is 0 Å². The Balaban J connectivity index is 1.75. The maximum Gasteiger partial charge on any atom is 0.147 e. The molecular weight excluding hydrogens is 152 g/mol. The standard InChI is InChI=1S/C10H16O2/c1-2-7-4-9-10(12-6-11-9)5-8(7)3-1/h7-10H,1-6H2. The fourth-order valence-electron chi connectivity index (χ4n) is 3.20. The summed E-state index contributed by atoms with van der Waals surface area (Å²) in [7, 11) is 0. The summed E-state index contributed by atoms with van der Waals surface area (Å²) < 4.78 is 11.1. The van der Waals surface area contributed by atoms with Crippen molar-refractivity contribution >= 4 is 0 Å². The first-order chi connectivity index (χ1) is 5.93. The lowest BCUT2D eigenvalue weighted by molar-refractivity contribution is 0.0385. The van der Waals surface area contributed by atoms with Crippen LogP contribution in [0.4, 0.5) is 0 Å². The van der Waals surface area contributed by atoms with Crippen molar-refractivity contribution in [2.45, 2.75) is 44.3 Å². The van der Waals surface area contributed by atoms with Gasteiger partial charge in [-0.05, 0) is 24.7 Å². The molecule has 2 saturated carbocycles. The smallest absolute Gasteiger partial charge is 0.147 e. The van der Waals surface area contributed by atoms with Crippen LogP contribution in [0.3, 0.4) is 0 Å². The zero-order chi connectivity index (χ0) is 7.97. The number of ether oxygens (including phenoxy) is 2. The lowest BCUT2D eigenvalue weighted by Gasteiger charge is -2.32. The summed E-state index contributed by atoms with van der Waals surface area (Å²) in [6.45, 7) is 0.550. The van der Waals surface area contributed by atoms with Gasteiger partial charge in [0.2, 0.25) is 0 Å². The highest BCUT2D eigenvalue weighted by Crippen LogP contribution is 2.45. The molecule has 2 aliphatic carbocycles. The maximum atomic E-state index is 5.54. The highest BCUT2D eigenvalue weighted by Gasteiger charge is 2.42. The van der Waals surface area contributed by atoms with Crippen LogP contribution < -0.4 is 0 Å². The topological polar surface area (TPSA) is 18.5 Å². The molecule has 2 nitrogen and oxygen atoms in total. The summed E-state index contributed by atoms with van der Waals surface area (Å²) in [5.41, 5.74) is 0. The van der Waals surface area contributed by atoms with E-state index in [1.807, 2.05) is 0 Å². The Kier molecular flexibility index (Phi) is 1.66. The Morgan fingerprint density at radius 1 is 0.833 bits per heavy atom. The second-order valence-electron chi connectivity index (χ2n) is 4.45. The van der Waals surface area contributed by atoms with Crippen LogP contribution in [0.2, 0.25) is 0 Å². The molecule has 2 heteroatoms. The zero-order valence-corrected chi connectivity index (χ0v) is 7.37. The van der Waals surface area contributed by atoms with Crippen LogP contribution in [-0.4, -0.2) is 19.0 Å². The molecule has 0 radical (unpaired) electrons. The quantitative estimate of drug-likeness (QED) is 0.550. The molecule has 4 atom stereocenters. The van der Waals surface area contributed by atoms with Gasteiger partial charge in [-0.1, -0.05) is 19.3 Å². The van der Waals surface area contributed by atoms with E-state index in [1.165, 1.54) is 32.1 Å². The molecule has 1 heterocycles. The highest BCUT2D eigenvalue weighted by molar-refractivity contribution is 4.91. The number of hydrogen-bond donors (Lipinski definition) is 0. The first-order valence-electron chi connectivity index (χ1n) is 5.16. The fourth-order valence-corrected chi connectivity index (χ4v) is 3.20. The number of rotatable bonds is 0. The van der Waals surface area contributed by atoms with Gasteiger partial charge in [0, 0.05) is 0 Å². The first-order valence-corrected chi connectivity index (χ1v) is 5.16. The molecule has 0 N–H and O–H groups in total. The van der Waals surface area contributed by atoms with Gasteiger partial charge in [-0.3, -0.25) is 0 Å². The molecule has 3 aliphatic rings. The summed E-state index contributed by atoms with van der Waals surface area (Å²) in [6, 6.07) is 0. The van der Waals surface area contributed by atoms with Gasteiger partial charge >= 0.3 is 0 Å². The summed E-state index contributed by atoms with van der Waals surface area (Å²) in [6.07, 6.45) is 7.77. The molecular formula is C10H16O2. The van der Waals surface area contributed by atoms with Crippen LogP contribution in [0.15, 0.2) is 0 Å². The van der Waals surface area contributed by atoms with E-state index in [9.17, 15) is 0 Å². The van der Waals surface area contributed by atoms with Gasteiger partial charge < -0.3 is 9.47 Å². The summed E-state index contributed by atoms with van der Waals surface area (Å²) in [5, 5.41) is 0. The minimum absolute atomic E-state index is 0.448. The van der Waals surface area contributed by atoms with E-state index >= 15 is 0 Å². The van der Waals surface area contributed by atoms with Crippen LogP contribution in [0.5, 0.6) is 0 Å².